The molecule has 0 radical (unpaired) electrons. The summed E-state index contributed by atoms with van der Waals surface area (Å²) in [4.78, 5) is 0. The van der Waals surface area contributed by atoms with E-state index < -0.39 is 0 Å². The monoisotopic (exact) mass is 248 g/mol. The summed E-state index contributed by atoms with van der Waals surface area (Å²) in [5, 5.41) is 2.18. The van der Waals surface area contributed by atoms with Gasteiger partial charge in [-0.05, 0) is 30.3 Å². The first kappa shape index (κ1) is 12.5. The molecule has 2 aromatic rings. The summed E-state index contributed by atoms with van der Waals surface area (Å²) in [5.41, 5.74) is 1.19. The average molecular weight is 248 g/mol. The molecule has 1 heterocycles. The fourth-order valence-corrected chi connectivity index (χ4v) is 1.82. The number of methoxy groups -OCH3 is 2. The van der Waals surface area contributed by atoms with E-state index in [1.807, 2.05) is 30.3 Å². The van der Waals surface area contributed by atoms with Crippen LogP contribution in [-0.4, -0.2) is 14.2 Å². The third-order valence-electron chi connectivity index (χ3n) is 2.75. The molecular weight excluding hydrogens is 230 g/mol. The van der Waals surface area contributed by atoms with Gasteiger partial charge < -0.3 is 19.2 Å². The highest BCUT2D eigenvalue weighted by molar-refractivity contribution is 5.42. The smallest absolute Gasteiger partial charge is 0.161 e. The van der Waals surface area contributed by atoms with Crippen molar-refractivity contribution in [2.24, 2.45) is 0 Å². The van der Waals surface area contributed by atoms with E-state index in [1.165, 1.54) is 5.56 Å². The number of benzene rings is 1. The second-order valence-electron chi connectivity index (χ2n) is 3.97. The van der Waals surface area contributed by atoms with Crippen molar-refractivity contribution in [2.45, 2.75) is 13.1 Å². The molecule has 0 unspecified atom stereocenters. The summed E-state index contributed by atoms with van der Waals surface area (Å²) in [6.45, 7) is 1.71. The Bertz CT molecular complexity index is 480. The second-order valence-corrected chi connectivity index (χ2v) is 3.97. The van der Waals surface area contributed by atoms with Crippen LogP contribution in [0.3, 0.4) is 0 Å². The average Bonchev–Trinajstić information content (AvgIpc) is 2.91. The van der Waals surface area contributed by atoms with Crippen molar-refractivity contribution in [3.8, 4) is 11.5 Å². The number of ether oxygens (including phenoxy) is 2. The number of quaternary nitrogens is 1. The molecule has 0 spiro atoms. The van der Waals surface area contributed by atoms with Gasteiger partial charge in [0.05, 0.1) is 20.5 Å². The Morgan fingerprint density at radius 2 is 1.89 bits per heavy atom. The van der Waals surface area contributed by atoms with Gasteiger partial charge in [-0.3, -0.25) is 0 Å². The summed E-state index contributed by atoms with van der Waals surface area (Å²) in [6.07, 6.45) is 1.69. The van der Waals surface area contributed by atoms with E-state index >= 15 is 0 Å². The van der Waals surface area contributed by atoms with Crippen LogP contribution in [-0.2, 0) is 13.1 Å². The number of nitrogens with two attached hydrogens (primary N) is 1. The number of hydrogen-bond acceptors (Lipinski definition) is 3. The Balaban J connectivity index is 1.93. The van der Waals surface area contributed by atoms with Gasteiger partial charge in [-0.1, -0.05) is 0 Å². The summed E-state index contributed by atoms with van der Waals surface area (Å²) < 4.78 is 15.8. The lowest BCUT2D eigenvalue weighted by Crippen LogP contribution is -2.80. The van der Waals surface area contributed by atoms with Crippen LogP contribution in [0.25, 0.3) is 0 Å². The third kappa shape index (κ3) is 3.05. The topological polar surface area (TPSA) is 48.2 Å². The van der Waals surface area contributed by atoms with Crippen LogP contribution < -0.4 is 14.8 Å². The molecule has 1 aromatic carbocycles. The van der Waals surface area contributed by atoms with Gasteiger partial charge in [0.1, 0.15) is 13.1 Å². The van der Waals surface area contributed by atoms with Gasteiger partial charge >= 0.3 is 0 Å². The Morgan fingerprint density at radius 1 is 1.06 bits per heavy atom. The van der Waals surface area contributed by atoms with Gasteiger partial charge in [-0.2, -0.15) is 0 Å². The summed E-state index contributed by atoms with van der Waals surface area (Å²) >= 11 is 0. The molecule has 18 heavy (non-hydrogen) atoms. The predicted molar refractivity (Wildman–Crippen MR) is 67.6 cm³/mol. The zero-order chi connectivity index (χ0) is 12.8. The number of furan rings is 1. The number of hydrogen-bond donors (Lipinski definition) is 1. The maximum atomic E-state index is 5.28. The molecule has 2 rings (SSSR count). The first-order valence-electron chi connectivity index (χ1n) is 5.88. The van der Waals surface area contributed by atoms with Crippen LogP contribution in [0.2, 0.25) is 0 Å². The van der Waals surface area contributed by atoms with Crippen molar-refractivity contribution in [2.75, 3.05) is 14.2 Å². The zero-order valence-corrected chi connectivity index (χ0v) is 10.7. The minimum absolute atomic E-state index is 0.757. The molecule has 0 aliphatic carbocycles. The lowest BCUT2D eigenvalue weighted by molar-refractivity contribution is -0.688. The summed E-state index contributed by atoms with van der Waals surface area (Å²) in [7, 11) is 3.29. The van der Waals surface area contributed by atoms with Crippen LogP contribution in [0.1, 0.15) is 11.3 Å². The number of rotatable bonds is 6. The minimum Gasteiger partial charge on any atom is -0.493 e. The summed E-state index contributed by atoms with van der Waals surface area (Å²) in [5.74, 6) is 2.50. The molecular formula is C14H18NO3+. The van der Waals surface area contributed by atoms with Crippen molar-refractivity contribution in [3.05, 3.63) is 47.9 Å². The Kier molecular flexibility index (Phi) is 4.25. The molecule has 0 fully saturated rings. The van der Waals surface area contributed by atoms with Gasteiger partial charge in [0, 0.05) is 5.56 Å². The largest absolute Gasteiger partial charge is 0.493 e. The Labute approximate surface area is 107 Å². The molecule has 4 nitrogen and oxygen atoms in total. The molecule has 0 amide bonds. The van der Waals surface area contributed by atoms with Gasteiger partial charge in [0.15, 0.2) is 17.3 Å². The van der Waals surface area contributed by atoms with Gasteiger partial charge in [0.25, 0.3) is 0 Å². The SMILES string of the molecule is COc1ccc(C[NH2+]Cc2ccco2)cc1OC. The Morgan fingerprint density at radius 3 is 2.56 bits per heavy atom. The van der Waals surface area contributed by atoms with E-state index in [0.717, 1.165) is 30.3 Å². The van der Waals surface area contributed by atoms with Crippen LogP contribution in [0.15, 0.2) is 41.0 Å². The van der Waals surface area contributed by atoms with E-state index in [1.54, 1.807) is 20.5 Å². The second kappa shape index (κ2) is 6.12. The molecule has 0 saturated heterocycles. The van der Waals surface area contributed by atoms with E-state index in [9.17, 15) is 0 Å². The van der Waals surface area contributed by atoms with Crippen LogP contribution in [0, 0.1) is 0 Å². The van der Waals surface area contributed by atoms with Crippen molar-refractivity contribution in [1.29, 1.82) is 0 Å². The van der Waals surface area contributed by atoms with Gasteiger partial charge in [-0.15, -0.1) is 0 Å². The minimum atomic E-state index is 0.757. The van der Waals surface area contributed by atoms with E-state index in [4.69, 9.17) is 13.9 Å². The van der Waals surface area contributed by atoms with E-state index in [-0.39, 0.29) is 0 Å². The van der Waals surface area contributed by atoms with Gasteiger partial charge in [0.2, 0.25) is 0 Å². The molecule has 0 saturated carbocycles. The highest BCUT2D eigenvalue weighted by Gasteiger charge is 2.06. The molecule has 0 aliphatic heterocycles. The van der Waals surface area contributed by atoms with E-state index in [0.29, 0.717) is 0 Å². The molecule has 0 bridgehead atoms. The maximum Gasteiger partial charge on any atom is 0.161 e. The molecule has 2 N–H and O–H groups in total. The lowest BCUT2D eigenvalue weighted by Gasteiger charge is -2.08. The molecule has 96 valence electrons. The van der Waals surface area contributed by atoms with Crippen LogP contribution in [0.4, 0.5) is 0 Å². The third-order valence-corrected chi connectivity index (χ3v) is 2.75. The Hall–Kier alpha value is -1.94. The normalized spacial score (nSPS) is 10.3. The quantitative estimate of drug-likeness (QED) is 0.844. The fraction of sp³-hybridized carbons (Fsp3) is 0.286. The lowest BCUT2D eigenvalue weighted by atomic mass is 10.2. The van der Waals surface area contributed by atoms with Crippen LogP contribution >= 0.6 is 0 Å². The molecule has 1 aromatic heterocycles. The first-order valence-corrected chi connectivity index (χ1v) is 5.88. The standard InChI is InChI=1S/C14H17NO3/c1-16-13-6-5-11(8-14(13)17-2)9-15-10-12-4-3-7-18-12/h3-8,15H,9-10H2,1-2H3/p+1. The molecule has 0 atom stereocenters. The van der Waals surface area contributed by atoms with Gasteiger partial charge in [-0.25, -0.2) is 0 Å². The van der Waals surface area contributed by atoms with Crippen LogP contribution in [0.5, 0.6) is 11.5 Å². The molecule has 4 heteroatoms. The zero-order valence-electron chi connectivity index (χ0n) is 10.7. The highest BCUT2D eigenvalue weighted by Crippen LogP contribution is 2.27. The van der Waals surface area contributed by atoms with E-state index in [2.05, 4.69) is 5.32 Å². The summed E-state index contributed by atoms with van der Waals surface area (Å²) in [6, 6.07) is 9.84. The maximum absolute atomic E-state index is 5.28. The van der Waals surface area contributed by atoms with Crippen molar-refractivity contribution < 1.29 is 19.2 Å². The van der Waals surface area contributed by atoms with Crippen molar-refractivity contribution in [3.63, 3.8) is 0 Å². The molecule has 0 aliphatic rings. The van der Waals surface area contributed by atoms with Crippen molar-refractivity contribution in [1.82, 2.24) is 0 Å². The van der Waals surface area contributed by atoms with Crippen molar-refractivity contribution >= 4 is 0 Å². The highest BCUT2D eigenvalue weighted by atomic mass is 16.5. The fourth-order valence-electron chi connectivity index (χ4n) is 1.82. The first-order chi connectivity index (χ1) is 8.83. The predicted octanol–water partition coefficient (Wildman–Crippen LogP) is 1.56.